The molecule has 2 aromatic carbocycles. The van der Waals surface area contributed by atoms with Gasteiger partial charge in [-0.05, 0) is 36.6 Å². The van der Waals surface area contributed by atoms with E-state index in [0.29, 0.717) is 12.2 Å². The van der Waals surface area contributed by atoms with Crippen LogP contribution in [-0.4, -0.2) is 13.0 Å². The molecule has 136 valence electrons. The van der Waals surface area contributed by atoms with E-state index in [2.05, 4.69) is 6.92 Å². The van der Waals surface area contributed by atoms with E-state index < -0.39 is 10.1 Å². The fourth-order valence-corrected chi connectivity index (χ4v) is 3.42. The molecule has 4 nitrogen and oxygen atoms in total. The number of para-hydroxylation sites is 2. The molecule has 0 aliphatic carbocycles. The first-order valence-corrected chi connectivity index (χ1v) is 10.2. The monoisotopic (exact) mass is 400 g/mol. The quantitative estimate of drug-likeness (QED) is 0.349. The molecule has 0 aliphatic heterocycles. The van der Waals surface area contributed by atoms with Crippen LogP contribution in [0.4, 0.5) is 0 Å². The van der Waals surface area contributed by atoms with Gasteiger partial charge in [-0.3, -0.25) is 0 Å². The van der Waals surface area contributed by atoms with Gasteiger partial charge in [0.15, 0.2) is 0 Å². The van der Waals surface area contributed by atoms with Gasteiger partial charge in [0, 0.05) is 0 Å². The SMILES string of the molecule is CCCCCCCCc1cccc(S(=O)(=O)[O-])c1Oc1ccccc1.[K+]. The Bertz CT molecular complexity index is 761. The second-order valence-electron chi connectivity index (χ2n) is 6.13. The van der Waals surface area contributed by atoms with E-state index in [-0.39, 0.29) is 62.0 Å². The minimum absolute atomic E-state index is 0. The first-order valence-electron chi connectivity index (χ1n) is 8.83. The molecule has 2 rings (SSSR count). The number of hydrogen-bond acceptors (Lipinski definition) is 4. The molecule has 0 N–H and O–H groups in total. The van der Waals surface area contributed by atoms with Gasteiger partial charge in [-0.1, -0.05) is 69.4 Å². The average Bonchev–Trinajstić information content (AvgIpc) is 2.59. The van der Waals surface area contributed by atoms with Crippen LogP contribution in [0, 0.1) is 0 Å². The summed E-state index contributed by atoms with van der Waals surface area (Å²) in [7, 11) is -4.59. The van der Waals surface area contributed by atoms with E-state index >= 15 is 0 Å². The van der Waals surface area contributed by atoms with Gasteiger partial charge in [0.25, 0.3) is 0 Å². The zero-order valence-corrected chi connectivity index (χ0v) is 19.5. The minimum Gasteiger partial charge on any atom is -0.744 e. The fourth-order valence-electron chi connectivity index (χ4n) is 2.77. The van der Waals surface area contributed by atoms with Gasteiger partial charge >= 0.3 is 51.4 Å². The van der Waals surface area contributed by atoms with Crippen LogP contribution < -0.4 is 56.1 Å². The van der Waals surface area contributed by atoms with Gasteiger partial charge in [0.1, 0.15) is 21.6 Å². The Morgan fingerprint density at radius 1 is 0.885 bits per heavy atom. The number of aryl methyl sites for hydroxylation is 1. The van der Waals surface area contributed by atoms with Crippen molar-refractivity contribution in [1.82, 2.24) is 0 Å². The molecular weight excluding hydrogens is 375 g/mol. The van der Waals surface area contributed by atoms with Gasteiger partial charge in [-0.15, -0.1) is 0 Å². The predicted molar refractivity (Wildman–Crippen MR) is 98.0 cm³/mol. The summed E-state index contributed by atoms with van der Waals surface area (Å²) in [6.07, 6.45) is 7.56. The molecule has 0 heterocycles. The van der Waals surface area contributed by atoms with E-state index in [0.717, 1.165) is 18.4 Å². The van der Waals surface area contributed by atoms with Crippen LogP contribution in [0.3, 0.4) is 0 Å². The van der Waals surface area contributed by atoms with Crippen LogP contribution in [-0.2, 0) is 16.5 Å². The molecule has 0 unspecified atom stereocenters. The smallest absolute Gasteiger partial charge is 0.744 e. The zero-order valence-electron chi connectivity index (χ0n) is 15.6. The van der Waals surface area contributed by atoms with E-state index in [9.17, 15) is 13.0 Å². The molecule has 0 spiro atoms. The van der Waals surface area contributed by atoms with Gasteiger partial charge in [0.2, 0.25) is 0 Å². The van der Waals surface area contributed by atoms with Crippen LogP contribution in [0.2, 0.25) is 0 Å². The molecule has 0 aliphatic rings. The Morgan fingerprint density at radius 2 is 1.54 bits per heavy atom. The van der Waals surface area contributed by atoms with Crippen molar-refractivity contribution in [3.8, 4) is 11.5 Å². The molecular formula is C20H25KO4S. The second kappa shape index (κ2) is 12.3. The maximum Gasteiger partial charge on any atom is 1.00 e. The average molecular weight is 401 g/mol. The Labute approximate surface area is 199 Å². The van der Waals surface area contributed by atoms with Crippen LogP contribution in [0.25, 0.3) is 0 Å². The van der Waals surface area contributed by atoms with Crippen molar-refractivity contribution in [2.75, 3.05) is 0 Å². The van der Waals surface area contributed by atoms with Crippen LogP contribution in [0.1, 0.15) is 51.0 Å². The van der Waals surface area contributed by atoms with Crippen LogP contribution in [0.15, 0.2) is 53.4 Å². The first-order chi connectivity index (χ1) is 12.0. The van der Waals surface area contributed by atoms with E-state index in [1.807, 2.05) is 12.1 Å². The predicted octanol–water partition coefficient (Wildman–Crippen LogP) is 2.29. The van der Waals surface area contributed by atoms with E-state index in [1.165, 1.54) is 31.7 Å². The number of hydrogen-bond donors (Lipinski definition) is 0. The maximum atomic E-state index is 11.6. The normalized spacial score (nSPS) is 11.0. The third-order valence-corrected chi connectivity index (χ3v) is 4.95. The zero-order chi connectivity index (χ0) is 18.1. The van der Waals surface area contributed by atoms with Crippen LogP contribution in [0.5, 0.6) is 11.5 Å². The van der Waals surface area contributed by atoms with Gasteiger partial charge in [0.05, 0.1) is 4.90 Å². The van der Waals surface area contributed by atoms with Crippen molar-refractivity contribution in [3.05, 3.63) is 54.1 Å². The van der Waals surface area contributed by atoms with Crippen molar-refractivity contribution in [2.45, 2.75) is 56.8 Å². The molecule has 0 atom stereocenters. The molecule has 0 radical (unpaired) electrons. The van der Waals surface area contributed by atoms with E-state index in [1.54, 1.807) is 30.3 Å². The van der Waals surface area contributed by atoms with Crippen molar-refractivity contribution in [3.63, 3.8) is 0 Å². The number of rotatable bonds is 10. The summed E-state index contributed by atoms with van der Waals surface area (Å²) < 4.78 is 40.6. The topological polar surface area (TPSA) is 66.4 Å². The second-order valence-corrected chi connectivity index (χ2v) is 7.48. The van der Waals surface area contributed by atoms with Crippen LogP contribution >= 0.6 is 0 Å². The summed E-state index contributed by atoms with van der Waals surface area (Å²) in [5.41, 5.74) is 0.760. The molecule has 0 saturated heterocycles. The van der Waals surface area contributed by atoms with Crippen molar-refractivity contribution in [2.24, 2.45) is 0 Å². The summed E-state index contributed by atoms with van der Waals surface area (Å²) in [5, 5.41) is 0. The molecule has 6 heteroatoms. The Hall–Kier alpha value is -0.214. The maximum absolute atomic E-state index is 11.6. The van der Waals surface area contributed by atoms with Crippen molar-refractivity contribution >= 4 is 10.1 Å². The standard InChI is InChI=1S/C20H26O4S.K/c1-2-3-4-5-6-8-12-17-13-11-16-19(25(21,22)23)20(17)24-18-14-9-7-10-15-18;/h7,9-11,13-16H,2-6,8,12H2,1H3,(H,21,22,23);/q;+1/p-1. The molecule has 0 bridgehead atoms. The Kier molecular flexibility index (Phi) is 11.3. The number of unbranched alkanes of at least 4 members (excludes halogenated alkanes) is 5. The minimum atomic E-state index is -4.59. The summed E-state index contributed by atoms with van der Waals surface area (Å²) in [6, 6.07) is 13.7. The first kappa shape index (κ1) is 23.8. The summed E-state index contributed by atoms with van der Waals surface area (Å²) in [4.78, 5) is -0.292. The molecule has 0 aromatic heterocycles. The van der Waals surface area contributed by atoms with E-state index in [4.69, 9.17) is 4.74 Å². The van der Waals surface area contributed by atoms with Gasteiger partial charge in [-0.25, -0.2) is 8.42 Å². The Balaban J connectivity index is 0.00000338. The fraction of sp³-hybridized carbons (Fsp3) is 0.400. The molecule has 0 amide bonds. The summed E-state index contributed by atoms with van der Waals surface area (Å²) in [6.45, 7) is 2.18. The van der Waals surface area contributed by atoms with Crippen molar-refractivity contribution < 1.29 is 69.1 Å². The van der Waals surface area contributed by atoms with Gasteiger partial charge in [-0.2, -0.15) is 0 Å². The number of ether oxygens (including phenoxy) is 1. The molecule has 0 saturated carbocycles. The third-order valence-electron chi connectivity index (χ3n) is 4.09. The van der Waals surface area contributed by atoms with Gasteiger partial charge < -0.3 is 9.29 Å². The Morgan fingerprint density at radius 3 is 2.19 bits per heavy atom. The molecule has 0 fully saturated rings. The third kappa shape index (κ3) is 7.80. The number of benzene rings is 2. The van der Waals surface area contributed by atoms with Crippen molar-refractivity contribution in [1.29, 1.82) is 0 Å². The summed E-state index contributed by atoms with van der Waals surface area (Å²) >= 11 is 0. The molecule has 26 heavy (non-hydrogen) atoms. The molecule has 2 aromatic rings. The largest absolute Gasteiger partial charge is 1.00 e. The summed E-state index contributed by atoms with van der Waals surface area (Å²) in [5.74, 6) is 0.681.